The van der Waals surface area contributed by atoms with E-state index in [-0.39, 0.29) is 36.2 Å². The number of unbranched alkanes of at least 4 members (excludes halogenated alkanes) is 18. The van der Waals surface area contributed by atoms with Gasteiger partial charge in [-0.3, -0.25) is 9.59 Å². The molecule has 0 aliphatic carbocycles. The smallest absolute Gasteiger partial charge is 0.362 e. The quantitative estimate of drug-likeness (QED) is 0.0289. The molecule has 8 heteroatoms. The van der Waals surface area contributed by atoms with Crippen LogP contribution in [0.1, 0.15) is 174 Å². The van der Waals surface area contributed by atoms with E-state index in [2.05, 4.69) is 62.5 Å². The number of carboxylic acids is 1. The van der Waals surface area contributed by atoms with Gasteiger partial charge in [0.25, 0.3) is 0 Å². The molecule has 0 saturated heterocycles. The molecule has 312 valence electrons. The maximum absolute atomic E-state index is 12.7. The molecule has 0 heterocycles. The molecule has 0 aromatic rings. The maximum Gasteiger partial charge on any atom is 0.362 e. The summed E-state index contributed by atoms with van der Waals surface area (Å²) in [6.07, 6.45) is 43.0. The number of ether oxygens (including phenoxy) is 3. The van der Waals surface area contributed by atoms with Crippen molar-refractivity contribution < 1.29 is 38.2 Å². The highest BCUT2D eigenvalue weighted by atomic mass is 16.6. The van der Waals surface area contributed by atoms with Gasteiger partial charge >= 0.3 is 17.9 Å². The Morgan fingerprint density at radius 1 is 0.556 bits per heavy atom. The van der Waals surface area contributed by atoms with Crippen molar-refractivity contribution in [1.29, 1.82) is 0 Å². The molecule has 0 aromatic carbocycles. The topological polar surface area (TPSA) is 99.1 Å². The molecule has 0 saturated carbocycles. The van der Waals surface area contributed by atoms with Gasteiger partial charge in [-0.2, -0.15) is 0 Å². The molecule has 0 rings (SSSR count). The number of nitrogens with zero attached hydrogens (tertiary/aromatic N) is 1. The Labute approximate surface area is 331 Å². The number of rotatable bonds is 38. The molecule has 54 heavy (non-hydrogen) atoms. The fraction of sp³-hybridized carbons (Fsp3) is 0.761. The first-order valence-electron chi connectivity index (χ1n) is 21.7. The van der Waals surface area contributed by atoms with Gasteiger partial charge in [0.1, 0.15) is 6.61 Å². The maximum atomic E-state index is 12.7. The second kappa shape index (κ2) is 37.2. The predicted octanol–water partition coefficient (Wildman–Crippen LogP) is 11.6. The Morgan fingerprint density at radius 3 is 1.46 bits per heavy atom. The van der Waals surface area contributed by atoms with Crippen LogP contribution in [-0.2, 0) is 28.6 Å². The average Bonchev–Trinajstić information content (AvgIpc) is 3.12. The van der Waals surface area contributed by atoms with Crippen LogP contribution in [0.5, 0.6) is 0 Å². The molecule has 0 spiro atoms. The first-order chi connectivity index (χ1) is 26.1. The van der Waals surface area contributed by atoms with E-state index in [0.717, 1.165) is 51.4 Å². The van der Waals surface area contributed by atoms with Gasteiger partial charge in [0.2, 0.25) is 0 Å². The fourth-order valence-electron chi connectivity index (χ4n) is 6.06. The highest BCUT2D eigenvalue weighted by Gasteiger charge is 2.31. The molecule has 0 aromatic heterocycles. The second-order valence-electron chi connectivity index (χ2n) is 15.7. The number of likely N-dealkylation sites (N-methyl/N-ethyl adjacent to an activating group) is 1. The third-order valence-corrected chi connectivity index (χ3v) is 9.51. The number of carboxylic acid groups (broad SMARTS) is 1. The van der Waals surface area contributed by atoms with E-state index in [1.165, 1.54) is 89.9 Å². The summed E-state index contributed by atoms with van der Waals surface area (Å²) in [5, 5.41) is 9.60. The van der Waals surface area contributed by atoms with Gasteiger partial charge in [0, 0.05) is 19.3 Å². The van der Waals surface area contributed by atoms with Crippen LogP contribution in [0.25, 0.3) is 0 Å². The molecule has 2 unspecified atom stereocenters. The number of hydrogen-bond donors (Lipinski definition) is 1. The van der Waals surface area contributed by atoms with E-state index < -0.39 is 18.1 Å². The summed E-state index contributed by atoms with van der Waals surface area (Å²) in [6, 6.07) is -0.619. The summed E-state index contributed by atoms with van der Waals surface area (Å²) in [5.41, 5.74) is 0. The number of esters is 2. The number of carbonyl (C=O) groups is 3. The van der Waals surface area contributed by atoms with Gasteiger partial charge in [0.05, 0.1) is 34.4 Å². The minimum Gasteiger partial charge on any atom is -0.477 e. The normalized spacial score (nSPS) is 13.4. The third kappa shape index (κ3) is 35.0. The Bertz CT molecular complexity index is 1030. The van der Waals surface area contributed by atoms with E-state index >= 15 is 0 Å². The van der Waals surface area contributed by atoms with Gasteiger partial charge in [-0.05, 0) is 57.8 Å². The van der Waals surface area contributed by atoms with Crippen molar-refractivity contribution in [3.8, 4) is 0 Å². The average molecular weight is 761 g/mol. The molecular formula is C46H82NO7+. The summed E-state index contributed by atoms with van der Waals surface area (Å²) >= 11 is 0. The molecule has 0 aliphatic heterocycles. The number of carbonyl (C=O) groups excluding carboxylic acids is 2. The van der Waals surface area contributed by atoms with Crippen LogP contribution < -0.4 is 0 Å². The number of allylic oxidation sites excluding steroid dienone is 8. The third-order valence-electron chi connectivity index (χ3n) is 9.51. The summed E-state index contributed by atoms with van der Waals surface area (Å²) < 4.78 is 17.2. The predicted molar refractivity (Wildman–Crippen MR) is 224 cm³/mol. The van der Waals surface area contributed by atoms with Crippen molar-refractivity contribution in [3.63, 3.8) is 0 Å². The van der Waals surface area contributed by atoms with E-state index in [1.54, 1.807) is 0 Å². The number of quaternary nitrogens is 1. The van der Waals surface area contributed by atoms with Crippen LogP contribution in [0.15, 0.2) is 48.6 Å². The van der Waals surface area contributed by atoms with Crippen LogP contribution in [-0.4, -0.2) is 80.6 Å². The SMILES string of the molecule is CCCC/C=C/C=C/CCCCCC(=O)OC(COCCC(C(=O)O)[N+](C)(C)C)COC(=O)CCCCCCCCCCCC/C=C/C=C/CCCCC. The van der Waals surface area contributed by atoms with Gasteiger partial charge in [-0.25, -0.2) is 4.79 Å². The first kappa shape index (κ1) is 51.3. The fourth-order valence-corrected chi connectivity index (χ4v) is 6.06. The van der Waals surface area contributed by atoms with Gasteiger partial charge in [0.15, 0.2) is 12.1 Å². The Hall–Kier alpha value is -2.71. The van der Waals surface area contributed by atoms with Crippen molar-refractivity contribution in [1.82, 2.24) is 0 Å². The molecule has 0 fully saturated rings. The first-order valence-corrected chi connectivity index (χ1v) is 21.7. The molecule has 8 nitrogen and oxygen atoms in total. The molecule has 2 atom stereocenters. The molecule has 0 amide bonds. The van der Waals surface area contributed by atoms with E-state index in [0.29, 0.717) is 19.3 Å². The number of aliphatic carboxylic acids is 1. The summed E-state index contributed by atoms with van der Waals surface area (Å²) in [4.78, 5) is 36.9. The van der Waals surface area contributed by atoms with Gasteiger partial charge in [-0.1, -0.05) is 146 Å². The lowest BCUT2D eigenvalue weighted by atomic mass is 10.1. The van der Waals surface area contributed by atoms with Crippen molar-refractivity contribution >= 4 is 17.9 Å². The lowest BCUT2D eigenvalue weighted by Crippen LogP contribution is -2.50. The lowest BCUT2D eigenvalue weighted by Gasteiger charge is -2.31. The molecule has 1 N–H and O–H groups in total. The van der Waals surface area contributed by atoms with Crippen molar-refractivity contribution in [2.75, 3.05) is 41.0 Å². The van der Waals surface area contributed by atoms with Crippen LogP contribution in [0, 0.1) is 0 Å². The van der Waals surface area contributed by atoms with Crippen LogP contribution in [0.4, 0.5) is 0 Å². The zero-order valence-electron chi connectivity index (χ0n) is 35.4. The molecule has 0 aliphatic rings. The van der Waals surface area contributed by atoms with Crippen molar-refractivity contribution in [2.24, 2.45) is 0 Å². The summed E-state index contributed by atoms with van der Waals surface area (Å²) in [6.45, 7) is 4.62. The summed E-state index contributed by atoms with van der Waals surface area (Å²) in [5.74, 6) is -1.51. The van der Waals surface area contributed by atoms with Gasteiger partial charge < -0.3 is 23.8 Å². The van der Waals surface area contributed by atoms with Crippen molar-refractivity contribution in [2.45, 2.75) is 187 Å². The molecule has 0 radical (unpaired) electrons. The second-order valence-corrected chi connectivity index (χ2v) is 15.7. The lowest BCUT2D eigenvalue weighted by molar-refractivity contribution is -0.887. The van der Waals surface area contributed by atoms with Gasteiger partial charge in [-0.15, -0.1) is 0 Å². The Kier molecular flexibility index (Phi) is 35.4. The number of hydrogen-bond acceptors (Lipinski definition) is 6. The van der Waals surface area contributed by atoms with E-state index in [1.807, 2.05) is 21.1 Å². The van der Waals surface area contributed by atoms with Crippen LogP contribution in [0.2, 0.25) is 0 Å². The minimum absolute atomic E-state index is 0.0486. The largest absolute Gasteiger partial charge is 0.477 e. The molecular weight excluding hydrogens is 679 g/mol. The Morgan fingerprint density at radius 2 is 0.981 bits per heavy atom. The van der Waals surface area contributed by atoms with E-state index in [4.69, 9.17) is 14.2 Å². The van der Waals surface area contributed by atoms with Crippen LogP contribution >= 0.6 is 0 Å². The standard InChI is InChI=1S/C46H81NO7/c1-6-8-10-12-14-16-18-19-20-21-22-23-24-25-27-28-30-32-34-36-44(48)53-41-42(40-52-39-38-43(46(50)51)47(3,4)5)54-45(49)37-35-33-31-29-26-17-15-13-11-9-7-2/h13-19,26,42-43H,6-12,20-25,27-41H2,1-5H3/p+1/b15-13+,16-14+,19-18+,26-17+. The highest BCUT2D eigenvalue weighted by Crippen LogP contribution is 2.14. The molecule has 0 bridgehead atoms. The van der Waals surface area contributed by atoms with Crippen LogP contribution in [0.3, 0.4) is 0 Å². The monoisotopic (exact) mass is 761 g/mol. The zero-order chi connectivity index (χ0) is 40.0. The van der Waals surface area contributed by atoms with Crippen molar-refractivity contribution in [3.05, 3.63) is 48.6 Å². The highest BCUT2D eigenvalue weighted by molar-refractivity contribution is 5.72. The minimum atomic E-state index is -0.881. The Balaban J connectivity index is 4.32. The zero-order valence-corrected chi connectivity index (χ0v) is 35.4. The van der Waals surface area contributed by atoms with E-state index in [9.17, 15) is 19.5 Å². The summed E-state index contributed by atoms with van der Waals surface area (Å²) in [7, 11) is 5.51.